The molecule has 0 fully saturated rings. The molecule has 0 heterocycles. The van der Waals surface area contributed by atoms with Crippen LogP contribution >= 0.6 is 15.9 Å². The standard InChI is InChI=1S/C21H23BrN2O9S/c1-21(2,3)18(12-19(22)34(30,31)17-7-5-16(32-4)6-8-17)33-20(25)13-9-14(23(26)27)11-15(10-13)24(28)29/h5-11,18-19H,12H2,1-4H3/t18-,19+/m0/s1. The molecule has 0 radical (unpaired) electrons. The second-order valence-corrected chi connectivity index (χ2v) is 12.2. The summed E-state index contributed by atoms with van der Waals surface area (Å²) in [4.78, 5) is 33.3. The van der Waals surface area contributed by atoms with Crippen molar-refractivity contribution in [3.8, 4) is 5.75 Å². The Morgan fingerprint density at radius 3 is 1.94 bits per heavy atom. The van der Waals surface area contributed by atoms with E-state index in [1.807, 2.05) is 0 Å². The summed E-state index contributed by atoms with van der Waals surface area (Å²) in [7, 11) is -2.41. The van der Waals surface area contributed by atoms with Gasteiger partial charge in [-0.05, 0) is 29.7 Å². The third kappa shape index (κ3) is 6.50. The van der Waals surface area contributed by atoms with Gasteiger partial charge in [0.1, 0.15) is 16.0 Å². The van der Waals surface area contributed by atoms with Crippen LogP contribution < -0.4 is 4.74 Å². The van der Waals surface area contributed by atoms with Gasteiger partial charge in [0, 0.05) is 18.6 Å². The van der Waals surface area contributed by atoms with Crippen molar-refractivity contribution in [3.05, 3.63) is 68.3 Å². The second kappa shape index (κ2) is 10.5. The first-order valence-corrected chi connectivity index (χ1v) is 12.3. The van der Waals surface area contributed by atoms with Crippen LogP contribution in [0, 0.1) is 25.6 Å². The summed E-state index contributed by atoms with van der Waals surface area (Å²) in [5, 5.41) is 22.2. The van der Waals surface area contributed by atoms with Gasteiger partial charge in [0.25, 0.3) is 11.4 Å². The minimum absolute atomic E-state index is 0.0310. The molecule has 2 aromatic carbocycles. The number of hydrogen-bond acceptors (Lipinski definition) is 9. The van der Waals surface area contributed by atoms with Crippen LogP contribution in [-0.2, 0) is 14.6 Å². The predicted octanol–water partition coefficient (Wildman–Crippen LogP) is 4.67. The Labute approximate surface area is 204 Å². The molecular weight excluding hydrogens is 536 g/mol. The molecule has 0 bridgehead atoms. The number of halogens is 1. The molecule has 0 aliphatic carbocycles. The molecule has 2 atom stereocenters. The monoisotopic (exact) mass is 558 g/mol. The van der Waals surface area contributed by atoms with Gasteiger partial charge >= 0.3 is 5.97 Å². The summed E-state index contributed by atoms with van der Waals surface area (Å²) in [5.41, 5.74) is -2.41. The smallest absolute Gasteiger partial charge is 0.338 e. The van der Waals surface area contributed by atoms with Crippen LogP contribution in [0.2, 0.25) is 0 Å². The largest absolute Gasteiger partial charge is 0.497 e. The summed E-state index contributed by atoms with van der Waals surface area (Å²) >= 11 is 3.18. The van der Waals surface area contributed by atoms with E-state index in [0.29, 0.717) is 5.75 Å². The molecule has 0 saturated carbocycles. The van der Waals surface area contributed by atoms with Crippen molar-refractivity contribution in [2.45, 2.75) is 42.4 Å². The van der Waals surface area contributed by atoms with Crippen molar-refractivity contribution in [2.24, 2.45) is 5.41 Å². The van der Waals surface area contributed by atoms with Gasteiger partial charge in [-0.2, -0.15) is 0 Å². The fourth-order valence-electron chi connectivity index (χ4n) is 2.91. The molecule has 2 aromatic rings. The molecule has 34 heavy (non-hydrogen) atoms. The maximum absolute atomic E-state index is 13.0. The number of carbonyl (C=O) groups excluding carboxylic acids is 1. The van der Waals surface area contributed by atoms with E-state index < -0.39 is 52.7 Å². The number of nitro benzene ring substituents is 2. The maximum atomic E-state index is 13.0. The number of rotatable bonds is 9. The summed E-state index contributed by atoms with van der Waals surface area (Å²) in [6, 6.07) is 8.26. The average molecular weight is 559 g/mol. The van der Waals surface area contributed by atoms with E-state index in [0.717, 1.165) is 18.2 Å². The molecule has 0 amide bonds. The zero-order chi connectivity index (χ0) is 25.8. The van der Waals surface area contributed by atoms with E-state index in [1.54, 1.807) is 20.8 Å². The van der Waals surface area contributed by atoms with Crippen molar-refractivity contribution >= 4 is 43.1 Å². The van der Waals surface area contributed by atoms with Crippen molar-refractivity contribution in [2.75, 3.05) is 7.11 Å². The summed E-state index contributed by atoms with van der Waals surface area (Å²) in [5.74, 6) is -0.564. The highest BCUT2D eigenvalue weighted by atomic mass is 79.9. The van der Waals surface area contributed by atoms with E-state index in [4.69, 9.17) is 9.47 Å². The molecule has 0 aromatic heterocycles. The molecule has 0 unspecified atom stereocenters. The van der Waals surface area contributed by atoms with E-state index in [-0.39, 0.29) is 16.9 Å². The lowest BCUT2D eigenvalue weighted by Gasteiger charge is -2.31. The Kier molecular flexibility index (Phi) is 8.37. The number of benzene rings is 2. The number of hydrogen-bond donors (Lipinski definition) is 0. The number of methoxy groups -OCH3 is 1. The van der Waals surface area contributed by atoms with Crippen molar-refractivity contribution < 1.29 is 32.5 Å². The van der Waals surface area contributed by atoms with Gasteiger partial charge in [-0.25, -0.2) is 13.2 Å². The molecule has 0 N–H and O–H groups in total. The molecule has 0 saturated heterocycles. The Bertz CT molecular complexity index is 1160. The molecule has 0 spiro atoms. The first-order chi connectivity index (χ1) is 15.7. The lowest BCUT2D eigenvalue weighted by molar-refractivity contribution is -0.394. The number of esters is 1. The maximum Gasteiger partial charge on any atom is 0.338 e. The molecular formula is C21H23BrN2O9S. The fraction of sp³-hybridized carbons (Fsp3) is 0.381. The Morgan fingerprint density at radius 1 is 1.03 bits per heavy atom. The summed E-state index contributed by atoms with van der Waals surface area (Å²) in [6.45, 7) is 5.17. The predicted molar refractivity (Wildman–Crippen MR) is 126 cm³/mol. The summed E-state index contributed by atoms with van der Waals surface area (Å²) < 4.78 is 35.4. The van der Waals surface area contributed by atoms with Crippen LogP contribution in [0.4, 0.5) is 11.4 Å². The van der Waals surface area contributed by atoms with E-state index in [9.17, 15) is 33.4 Å². The minimum atomic E-state index is -3.86. The first kappa shape index (κ1) is 27.2. The number of ether oxygens (including phenoxy) is 2. The number of carbonyl (C=O) groups is 1. The lowest BCUT2D eigenvalue weighted by Crippen LogP contribution is -2.35. The van der Waals surface area contributed by atoms with Gasteiger partial charge in [0.2, 0.25) is 0 Å². The topological polar surface area (TPSA) is 156 Å². The number of sulfone groups is 1. The van der Waals surface area contributed by atoms with Crippen LogP contribution in [0.1, 0.15) is 37.6 Å². The zero-order valence-corrected chi connectivity index (χ0v) is 21.2. The number of alkyl halides is 1. The minimum Gasteiger partial charge on any atom is -0.497 e. The highest BCUT2D eigenvalue weighted by Crippen LogP contribution is 2.33. The lowest BCUT2D eigenvalue weighted by atomic mass is 9.87. The number of non-ortho nitro benzene ring substituents is 2. The normalized spacial score (nSPS) is 13.6. The molecule has 13 heteroatoms. The molecule has 2 rings (SSSR count). The Hall–Kier alpha value is -3.06. The van der Waals surface area contributed by atoms with E-state index in [2.05, 4.69) is 15.9 Å². The van der Waals surface area contributed by atoms with Crippen LogP contribution in [0.5, 0.6) is 5.75 Å². The molecule has 0 aliphatic rings. The van der Waals surface area contributed by atoms with Gasteiger partial charge in [-0.1, -0.05) is 36.7 Å². The van der Waals surface area contributed by atoms with Gasteiger partial charge in [0.15, 0.2) is 9.84 Å². The van der Waals surface area contributed by atoms with Crippen LogP contribution in [-0.4, -0.2) is 41.6 Å². The first-order valence-electron chi connectivity index (χ1n) is 9.83. The number of nitro groups is 2. The third-order valence-electron chi connectivity index (χ3n) is 4.90. The SMILES string of the molecule is COc1ccc(S(=O)(=O)[C@@H](Br)C[C@H](OC(=O)c2cc([N+](=O)[O-])cc([N+](=O)[O-])c2)C(C)(C)C)cc1. The summed E-state index contributed by atoms with van der Waals surface area (Å²) in [6.07, 6.45) is -1.11. The van der Waals surface area contributed by atoms with Crippen LogP contribution in [0.15, 0.2) is 47.4 Å². The quantitative estimate of drug-likeness (QED) is 0.184. The van der Waals surface area contributed by atoms with E-state index >= 15 is 0 Å². The third-order valence-corrected chi connectivity index (χ3v) is 8.54. The van der Waals surface area contributed by atoms with Crippen LogP contribution in [0.3, 0.4) is 0 Å². The van der Waals surface area contributed by atoms with E-state index in [1.165, 1.54) is 31.4 Å². The molecule has 0 aliphatic heterocycles. The van der Waals surface area contributed by atoms with Crippen molar-refractivity contribution in [1.29, 1.82) is 0 Å². The fourth-order valence-corrected chi connectivity index (χ4v) is 5.13. The number of nitrogens with zero attached hydrogens (tertiary/aromatic N) is 2. The molecule has 11 nitrogen and oxygen atoms in total. The van der Waals surface area contributed by atoms with Gasteiger partial charge in [-0.3, -0.25) is 20.2 Å². The second-order valence-electron chi connectivity index (χ2n) is 8.38. The highest BCUT2D eigenvalue weighted by Gasteiger charge is 2.36. The van der Waals surface area contributed by atoms with Crippen molar-refractivity contribution in [1.82, 2.24) is 0 Å². The Morgan fingerprint density at radius 2 is 1.53 bits per heavy atom. The van der Waals surface area contributed by atoms with Gasteiger partial charge in [-0.15, -0.1) is 0 Å². The highest BCUT2D eigenvalue weighted by molar-refractivity contribution is 9.11. The zero-order valence-electron chi connectivity index (χ0n) is 18.8. The average Bonchev–Trinajstić information content (AvgIpc) is 2.77. The Balaban J connectivity index is 2.32. The van der Waals surface area contributed by atoms with Crippen LogP contribution in [0.25, 0.3) is 0 Å². The van der Waals surface area contributed by atoms with Crippen molar-refractivity contribution in [3.63, 3.8) is 0 Å². The van der Waals surface area contributed by atoms with Gasteiger partial charge < -0.3 is 9.47 Å². The van der Waals surface area contributed by atoms with Gasteiger partial charge in [0.05, 0.1) is 33.5 Å². The molecule has 184 valence electrons.